The van der Waals surface area contributed by atoms with Crippen molar-refractivity contribution in [1.82, 2.24) is 8.75 Å². The predicted octanol–water partition coefficient (Wildman–Crippen LogP) is 3.90. The molecule has 10 heteroatoms. The zero-order valence-corrected chi connectivity index (χ0v) is 19.5. The number of rotatable bonds is 5. The Labute approximate surface area is 203 Å². The molecule has 0 spiro atoms. The first-order chi connectivity index (χ1) is 16.8. The SMILES string of the molecule is Cc1ccc(C)c(N2C(=O)c3ccc(C(=O)OCC(=O)Nc4cccc5nsnc45)cc3C2=O)c1. The standard InChI is InChI=1S/C25H18N4O5S/c1-13-6-7-14(2)20(10-13)29-23(31)16-9-8-15(11-17(16)24(29)32)25(33)34-12-21(30)26-18-4-3-5-19-22(18)28-35-27-19/h3-11H,12H2,1-2H3,(H,26,30). The molecule has 0 saturated carbocycles. The molecule has 3 aromatic carbocycles. The molecule has 0 unspecified atom stereocenters. The highest BCUT2D eigenvalue weighted by Crippen LogP contribution is 2.32. The van der Waals surface area contributed by atoms with Crippen LogP contribution < -0.4 is 10.2 Å². The van der Waals surface area contributed by atoms with Crippen molar-refractivity contribution in [2.45, 2.75) is 13.8 Å². The number of hydrogen-bond acceptors (Lipinski definition) is 8. The third-order valence-electron chi connectivity index (χ3n) is 5.62. The number of carbonyl (C=O) groups is 4. The van der Waals surface area contributed by atoms with Crippen molar-refractivity contribution in [3.05, 3.63) is 82.4 Å². The van der Waals surface area contributed by atoms with E-state index >= 15 is 0 Å². The zero-order valence-electron chi connectivity index (χ0n) is 18.7. The lowest BCUT2D eigenvalue weighted by Crippen LogP contribution is -2.30. The van der Waals surface area contributed by atoms with E-state index in [0.29, 0.717) is 22.4 Å². The van der Waals surface area contributed by atoms with Gasteiger partial charge in [-0.05, 0) is 61.4 Å². The van der Waals surface area contributed by atoms with Gasteiger partial charge in [-0.15, -0.1) is 0 Å². The Morgan fingerprint density at radius 3 is 2.60 bits per heavy atom. The summed E-state index contributed by atoms with van der Waals surface area (Å²) in [6.45, 7) is 3.16. The lowest BCUT2D eigenvalue weighted by molar-refractivity contribution is -0.119. The van der Waals surface area contributed by atoms with Crippen LogP contribution in [0.25, 0.3) is 11.0 Å². The van der Waals surface area contributed by atoms with Crippen LogP contribution in [0.15, 0.2) is 54.6 Å². The Morgan fingerprint density at radius 2 is 1.77 bits per heavy atom. The van der Waals surface area contributed by atoms with Crippen molar-refractivity contribution >= 4 is 57.8 Å². The van der Waals surface area contributed by atoms with Gasteiger partial charge in [0, 0.05) is 0 Å². The van der Waals surface area contributed by atoms with Crippen LogP contribution in [0, 0.1) is 13.8 Å². The molecule has 5 rings (SSSR count). The number of carbonyl (C=O) groups excluding carboxylic acids is 4. The second-order valence-corrected chi connectivity index (χ2v) is 8.59. The van der Waals surface area contributed by atoms with Gasteiger partial charge in [-0.25, -0.2) is 9.69 Å². The van der Waals surface area contributed by atoms with Gasteiger partial charge >= 0.3 is 5.97 Å². The van der Waals surface area contributed by atoms with E-state index in [2.05, 4.69) is 14.1 Å². The molecule has 0 atom stereocenters. The van der Waals surface area contributed by atoms with Crippen LogP contribution in [0.1, 0.15) is 42.2 Å². The fourth-order valence-electron chi connectivity index (χ4n) is 3.85. The fourth-order valence-corrected chi connectivity index (χ4v) is 4.40. The van der Waals surface area contributed by atoms with E-state index in [9.17, 15) is 19.2 Å². The maximum Gasteiger partial charge on any atom is 0.338 e. The summed E-state index contributed by atoms with van der Waals surface area (Å²) >= 11 is 1.03. The highest BCUT2D eigenvalue weighted by atomic mass is 32.1. The van der Waals surface area contributed by atoms with Crippen LogP contribution in [0.3, 0.4) is 0 Å². The molecule has 1 aliphatic heterocycles. The summed E-state index contributed by atoms with van der Waals surface area (Å²) in [5.41, 5.74) is 4.23. The highest BCUT2D eigenvalue weighted by molar-refractivity contribution is 7.00. The molecule has 0 fully saturated rings. The maximum absolute atomic E-state index is 13.1. The quantitative estimate of drug-likeness (QED) is 0.336. The molecule has 1 aliphatic rings. The number of esters is 1. The number of fused-ring (bicyclic) bond motifs is 2. The van der Waals surface area contributed by atoms with Crippen molar-refractivity contribution in [3.8, 4) is 0 Å². The number of nitrogens with one attached hydrogen (secondary N) is 1. The average Bonchev–Trinajstić information content (AvgIpc) is 3.42. The molecule has 0 saturated heterocycles. The number of anilines is 2. The van der Waals surface area contributed by atoms with Crippen molar-refractivity contribution in [2.75, 3.05) is 16.8 Å². The van der Waals surface area contributed by atoms with Gasteiger partial charge in [-0.1, -0.05) is 18.2 Å². The first-order valence-corrected chi connectivity index (χ1v) is 11.3. The van der Waals surface area contributed by atoms with Crippen LogP contribution >= 0.6 is 11.7 Å². The van der Waals surface area contributed by atoms with Gasteiger partial charge in [0.2, 0.25) is 0 Å². The second kappa shape index (κ2) is 8.73. The van der Waals surface area contributed by atoms with Crippen molar-refractivity contribution in [2.24, 2.45) is 0 Å². The molecule has 35 heavy (non-hydrogen) atoms. The molecule has 1 aromatic heterocycles. The summed E-state index contributed by atoms with van der Waals surface area (Å²) in [5, 5.41) is 2.65. The number of hydrogen-bond donors (Lipinski definition) is 1. The van der Waals surface area contributed by atoms with Gasteiger partial charge in [0.25, 0.3) is 17.7 Å². The van der Waals surface area contributed by atoms with E-state index in [4.69, 9.17) is 4.74 Å². The van der Waals surface area contributed by atoms with Crippen molar-refractivity contribution in [1.29, 1.82) is 0 Å². The number of aryl methyl sites for hydroxylation is 2. The van der Waals surface area contributed by atoms with Crippen molar-refractivity contribution < 1.29 is 23.9 Å². The van der Waals surface area contributed by atoms with Gasteiger partial charge in [-0.3, -0.25) is 14.4 Å². The molecule has 1 N–H and O–H groups in total. The number of imide groups is 1. The molecular formula is C25H18N4O5S. The second-order valence-electron chi connectivity index (χ2n) is 8.06. The molecule has 4 aromatic rings. The Kier molecular flexibility index (Phi) is 5.58. The molecule has 3 amide bonds. The van der Waals surface area contributed by atoms with E-state index in [1.165, 1.54) is 18.2 Å². The minimum absolute atomic E-state index is 0.0614. The number of ether oxygens (including phenoxy) is 1. The van der Waals surface area contributed by atoms with Crippen LogP contribution in [0.4, 0.5) is 11.4 Å². The first kappa shape index (κ1) is 22.4. The summed E-state index contributed by atoms with van der Waals surface area (Å²) in [5.74, 6) is -2.31. The Bertz CT molecular complexity index is 1540. The van der Waals surface area contributed by atoms with Gasteiger partial charge < -0.3 is 10.1 Å². The third kappa shape index (κ3) is 4.04. The topological polar surface area (TPSA) is 119 Å². The molecular weight excluding hydrogens is 468 g/mol. The summed E-state index contributed by atoms with van der Waals surface area (Å²) in [7, 11) is 0. The van der Waals surface area contributed by atoms with Gasteiger partial charge in [0.05, 0.1) is 39.8 Å². The summed E-state index contributed by atoms with van der Waals surface area (Å²) in [6, 6.07) is 14.8. The molecule has 0 bridgehead atoms. The number of aromatic nitrogens is 2. The highest BCUT2D eigenvalue weighted by Gasteiger charge is 2.38. The fraction of sp³-hybridized carbons (Fsp3) is 0.120. The van der Waals surface area contributed by atoms with Crippen molar-refractivity contribution in [3.63, 3.8) is 0 Å². The molecule has 0 radical (unpaired) electrons. The first-order valence-electron chi connectivity index (χ1n) is 10.6. The third-order valence-corrected chi connectivity index (χ3v) is 6.16. The van der Waals surface area contributed by atoms with E-state index in [-0.39, 0.29) is 16.7 Å². The minimum Gasteiger partial charge on any atom is -0.452 e. The smallest absolute Gasteiger partial charge is 0.338 e. The average molecular weight is 487 g/mol. The Hall–Kier alpha value is -4.44. The lowest BCUT2D eigenvalue weighted by Gasteiger charge is -2.17. The lowest BCUT2D eigenvalue weighted by atomic mass is 10.1. The summed E-state index contributed by atoms with van der Waals surface area (Å²) < 4.78 is 13.4. The van der Waals surface area contributed by atoms with E-state index < -0.39 is 30.3 Å². The molecule has 0 aliphatic carbocycles. The van der Waals surface area contributed by atoms with Gasteiger partial charge in [0.15, 0.2) is 6.61 Å². The van der Waals surface area contributed by atoms with E-state index in [0.717, 1.165) is 27.8 Å². The van der Waals surface area contributed by atoms with Crippen LogP contribution in [0.2, 0.25) is 0 Å². The summed E-state index contributed by atoms with van der Waals surface area (Å²) in [4.78, 5) is 52.0. The monoisotopic (exact) mass is 486 g/mol. The summed E-state index contributed by atoms with van der Waals surface area (Å²) in [6.07, 6.45) is 0. The maximum atomic E-state index is 13.1. The molecule has 9 nitrogen and oxygen atoms in total. The Morgan fingerprint density at radius 1 is 0.971 bits per heavy atom. The number of benzene rings is 3. The largest absolute Gasteiger partial charge is 0.452 e. The van der Waals surface area contributed by atoms with Crippen LogP contribution in [-0.4, -0.2) is 39.0 Å². The predicted molar refractivity (Wildman–Crippen MR) is 130 cm³/mol. The van der Waals surface area contributed by atoms with Crippen LogP contribution in [0.5, 0.6) is 0 Å². The molecule has 174 valence electrons. The Balaban J connectivity index is 1.30. The van der Waals surface area contributed by atoms with Crippen LogP contribution in [-0.2, 0) is 9.53 Å². The van der Waals surface area contributed by atoms with Gasteiger partial charge in [0.1, 0.15) is 11.0 Å². The normalized spacial score (nSPS) is 12.7. The van der Waals surface area contributed by atoms with Gasteiger partial charge in [-0.2, -0.15) is 8.75 Å². The van der Waals surface area contributed by atoms with E-state index in [1.54, 1.807) is 24.3 Å². The minimum atomic E-state index is -0.790. The van der Waals surface area contributed by atoms with E-state index in [1.807, 2.05) is 26.0 Å². The number of amides is 3. The molecule has 2 heterocycles. The number of nitrogens with zero attached hydrogens (tertiary/aromatic N) is 3. The zero-order chi connectivity index (χ0) is 24.7.